The molecule has 3 aromatic rings. The Morgan fingerprint density at radius 2 is 1.68 bits per heavy atom. The first-order valence-corrected chi connectivity index (χ1v) is 6.53. The number of hydrogen-bond acceptors (Lipinski definition) is 2. The highest BCUT2D eigenvalue weighted by molar-refractivity contribution is 5.90. The molecule has 1 aliphatic heterocycles. The van der Waals surface area contributed by atoms with Gasteiger partial charge in [-0.15, -0.1) is 0 Å². The van der Waals surface area contributed by atoms with E-state index in [4.69, 9.17) is 9.72 Å². The van der Waals surface area contributed by atoms with Crippen molar-refractivity contribution in [2.45, 2.75) is 6.42 Å². The van der Waals surface area contributed by atoms with E-state index >= 15 is 0 Å². The second-order valence-corrected chi connectivity index (χ2v) is 4.75. The molecular formula is C17H13NO. The van der Waals surface area contributed by atoms with Crippen molar-refractivity contribution in [1.82, 2.24) is 4.98 Å². The van der Waals surface area contributed by atoms with Crippen LogP contribution in [0.25, 0.3) is 22.2 Å². The number of aromatic nitrogens is 1. The molecule has 0 saturated heterocycles. The summed E-state index contributed by atoms with van der Waals surface area (Å²) in [6.45, 7) is 0.755. The number of benzene rings is 2. The molecule has 0 N–H and O–H groups in total. The largest absolute Gasteiger partial charge is 0.492 e. The lowest BCUT2D eigenvalue weighted by Gasteiger charge is -2.10. The average Bonchev–Trinajstić information content (AvgIpc) is 2.97. The molecule has 2 heteroatoms. The van der Waals surface area contributed by atoms with Crippen LogP contribution in [0.2, 0.25) is 0 Å². The fourth-order valence-electron chi connectivity index (χ4n) is 2.71. The highest BCUT2D eigenvalue weighted by atomic mass is 16.5. The Kier molecular flexibility index (Phi) is 2.27. The lowest BCUT2D eigenvalue weighted by molar-refractivity contribution is 0.360. The van der Waals surface area contributed by atoms with Gasteiger partial charge in [-0.05, 0) is 12.1 Å². The third-order valence-electron chi connectivity index (χ3n) is 3.59. The van der Waals surface area contributed by atoms with E-state index in [0.717, 1.165) is 40.9 Å². The van der Waals surface area contributed by atoms with Gasteiger partial charge in [0.1, 0.15) is 5.75 Å². The Labute approximate surface area is 111 Å². The number of ether oxygens (including phenoxy) is 1. The van der Waals surface area contributed by atoms with Crippen LogP contribution in [0.15, 0.2) is 54.6 Å². The van der Waals surface area contributed by atoms with Crippen molar-refractivity contribution in [1.29, 1.82) is 0 Å². The van der Waals surface area contributed by atoms with Crippen molar-refractivity contribution < 1.29 is 4.74 Å². The van der Waals surface area contributed by atoms with Crippen LogP contribution in [0, 0.1) is 0 Å². The molecule has 1 aromatic heterocycles. The number of nitrogens with zero attached hydrogens (tertiary/aromatic N) is 1. The van der Waals surface area contributed by atoms with Crippen molar-refractivity contribution in [3.05, 3.63) is 60.2 Å². The third-order valence-corrected chi connectivity index (χ3v) is 3.59. The molecule has 0 bridgehead atoms. The predicted molar refractivity (Wildman–Crippen MR) is 76.4 cm³/mol. The van der Waals surface area contributed by atoms with Gasteiger partial charge in [-0.1, -0.05) is 42.5 Å². The van der Waals surface area contributed by atoms with Crippen LogP contribution in [0.1, 0.15) is 5.56 Å². The molecule has 19 heavy (non-hydrogen) atoms. The summed E-state index contributed by atoms with van der Waals surface area (Å²) in [6, 6.07) is 18.5. The molecule has 1 aliphatic rings. The summed E-state index contributed by atoms with van der Waals surface area (Å²) in [5.74, 6) is 1.02. The van der Waals surface area contributed by atoms with E-state index in [1.807, 2.05) is 24.3 Å². The monoisotopic (exact) mass is 247 g/mol. The van der Waals surface area contributed by atoms with Crippen molar-refractivity contribution in [3.8, 4) is 17.0 Å². The highest BCUT2D eigenvalue weighted by Gasteiger charge is 2.21. The van der Waals surface area contributed by atoms with E-state index in [2.05, 4.69) is 30.3 Å². The van der Waals surface area contributed by atoms with Gasteiger partial charge in [-0.25, -0.2) is 4.98 Å². The molecular weight excluding hydrogens is 234 g/mol. The van der Waals surface area contributed by atoms with Crippen LogP contribution >= 0.6 is 0 Å². The minimum absolute atomic E-state index is 0.755. The molecule has 2 aromatic carbocycles. The number of hydrogen-bond donors (Lipinski definition) is 0. The summed E-state index contributed by atoms with van der Waals surface area (Å²) in [5.41, 5.74) is 4.47. The number of pyridine rings is 1. The zero-order chi connectivity index (χ0) is 12.7. The summed E-state index contributed by atoms with van der Waals surface area (Å²) in [4.78, 5) is 4.84. The van der Waals surface area contributed by atoms with Crippen LogP contribution in [-0.4, -0.2) is 11.6 Å². The van der Waals surface area contributed by atoms with Crippen LogP contribution in [0.3, 0.4) is 0 Å². The van der Waals surface area contributed by atoms with Gasteiger partial charge in [-0.2, -0.15) is 0 Å². The Hall–Kier alpha value is -2.35. The summed E-state index contributed by atoms with van der Waals surface area (Å²) in [7, 11) is 0. The molecule has 4 rings (SSSR count). The second kappa shape index (κ2) is 4.09. The molecule has 0 aliphatic carbocycles. The van der Waals surface area contributed by atoms with Gasteiger partial charge >= 0.3 is 0 Å². The Morgan fingerprint density at radius 1 is 0.895 bits per heavy atom. The van der Waals surface area contributed by atoms with E-state index in [-0.39, 0.29) is 0 Å². The van der Waals surface area contributed by atoms with Crippen molar-refractivity contribution in [3.63, 3.8) is 0 Å². The van der Waals surface area contributed by atoms with Gasteiger partial charge in [0.05, 0.1) is 17.8 Å². The Bertz CT molecular complexity index is 750. The molecule has 0 unspecified atom stereocenters. The molecule has 0 fully saturated rings. The average molecular weight is 247 g/mol. The van der Waals surface area contributed by atoms with Gasteiger partial charge in [0.15, 0.2) is 0 Å². The number of rotatable bonds is 1. The smallest absolute Gasteiger partial charge is 0.134 e. The summed E-state index contributed by atoms with van der Waals surface area (Å²) >= 11 is 0. The van der Waals surface area contributed by atoms with Gasteiger partial charge < -0.3 is 4.74 Å². The molecule has 0 spiro atoms. The van der Waals surface area contributed by atoms with E-state index in [0.29, 0.717) is 0 Å². The zero-order valence-electron chi connectivity index (χ0n) is 10.5. The normalized spacial score (nSPS) is 13.3. The molecule has 92 valence electrons. The summed E-state index contributed by atoms with van der Waals surface area (Å²) in [5, 5.41) is 1.12. The predicted octanol–water partition coefficient (Wildman–Crippen LogP) is 3.84. The van der Waals surface area contributed by atoms with Crippen molar-refractivity contribution in [2.75, 3.05) is 6.61 Å². The molecule has 0 atom stereocenters. The minimum Gasteiger partial charge on any atom is -0.492 e. The molecule has 2 heterocycles. The van der Waals surface area contributed by atoms with Crippen LogP contribution < -0.4 is 4.74 Å². The van der Waals surface area contributed by atoms with Crippen molar-refractivity contribution in [2.24, 2.45) is 0 Å². The van der Waals surface area contributed by atoms with Crippen LogP contribution in [0.4, 0.5) is 0 Å². The van der Waals surface area contributed by atoms with Crippen LogP contribution in [0.5, 0.6) is 5.75 Å². The Morgan fingerprint density at radius 3 is 2.58 bits per heavy atom. The van der Waals surface area contributed by atoms with E-state index < -0.39 is 0 Å². The fraction of sp³-hybridized carbons (Fsp3) is 0.118. The summed E-state index contributed by atoms with van der Waals surface area (Å²) < 4.78 is 5.83. The first-order valence-electron chi connectivity index (χ1n) is 6.53. The maximum absolute atomic E-state index is 5.83. The zero-order valence-corrected chi connectivity index (χ0v) is 10.5. The fourth-order valence-corrected chi connectivity index (χ4v) is 2.71. The molecule has 0 radical (unpaired) electrons. The second-order valence-electron chi connectivity index (χ2n) is 4.75. The van der Waals surface area contributed by atoms with Gasteiger partial charge in [0.25, 0.3) is 0 Å². The standard InChI is InChI=1S/C17H13NO/c1-2-6-12(7-3-1)16-14-10-11-19-17(14)13-8-4-5-9-15(13)18-16/h1-9H,10-11H2. The van der Waals surface area contributed by atoms with Gasteiger partial charge in [-0.3, -0.25) is 0 Å². The summed E-state index contributed by atoms with van der Waals surface area (Å²) in [6.07, 6.45) is 0.942. The topological polar surface area (TPSA) is 22.1 Å². The molecule has 0 amide bonds. The number of fused-ring (bicyclic) bond motifs is 3. The van der Waals surface area contributed by atoms with E-state index in [1.54, 1.807) is 0 Å². The van der Waals surface area contributed by atoms with E-state index in [9.17, 15) is 0 Å². The molecule has 0 saturated carbocycles. The van der Waals surface area contributed by atoms with E-state index in [1.165, 1.54) is 5.56 Å². The lowest BCUT2D eigenvalue weighted by atomic mass is 10.0. The van der Waals surface area contributed by atoms with Crippen molar-refractivity contribution >= 4 is 10.9 Å². The maximum Gasteiger partial charge on any atom is 0.134 e. The highest BCUT2D eigenvalue weighted by Crippen LogP contribution is 2.38. The Balaban J connectivity index is 2.07. The maximum atomic E-state index is 5.83. The first kappa shape index (κ1) is 10.6. The molecule has 2 nitrogen and oxygen atoms in total. The SMILES string of the molecule is c1ccc(-c2nc3ccccc3c3c2CCO3)cc1. The van der Waals surface area contributed by atoms with Gasteiger partial charge in [0, 0.05) is 22.9 Å². The first-order chi connectivity index (χ1) is 9.43. The quantitative estimate of drug-likeness (QED) is 0.652. The number of para-hydroxylation sites is 1. The van der Waals surface area contributed by atoms with Crippen LogP contribution in [-0.2, 0) is 6.42 Å². The lowest BCUT2D eigenvalue weighted by Crippen LogP contribution is -1.92. The van der Waals surface area contributed by atoms with Gasteiger partial charge in [0.2, 0.25) is 0 Å². The minimum atomic E-state index is 0.755. The third kappa shape index (κ3) is 1.60.